The second-order valence-electron chi connectivity index (χ2n) is 7.07. The average molecular weight is 370 g/mol. The summed E-state index contributed by atoms with van der Waals surface area (Å²) >= 11 is 0. The Labute approximate surface area is 162 Å². The summed E-state index contributed by atoms with van der Waals surface area (Å²) in [6.45, 7) is 10.5. The van der Waals surface area contributed by atoms with Gasteiger partial charge in [0, 0.05) is 30.4 Å². The Morgan fingerprint density at radius 3 is 2.41 bits per heavy atom. The third kappa shape index (κ3) is 6.27. The quantitative estimate of drug-likeness (QED) is 0.653. The highest BCUT2D eigenvalue weighted by Crippen LogP contribution is 2.20. The fraction of sp³-hybridized carbons (Fsp3) is 0.455. The number of hydrogen-bond acceptors (Lipinski definition) is 3. The van der Waals surface area contributed by atoms with E-state index in [-0.39, 0.29) is 18.4 Å². The first kappa shape index (κ1) is 20.7. The van der Waals surface area contributed by atoms with Crippen molar-refractivity contribution in [3.63, 3.8) is 0 Å². The number of rotatable bonds is 9. The van der Waals surface area contributed by atoms with E-state index in [1.165, 1.54) is 19.3 Å². The predicted octanol–water partition coefficient (Wildman–Crippen LogP) is 3.67. The number of nitrogens with zero attached hydrogens (tertiary/aromatic N) is 1. The maximum atomic E-state index is 12.5. The van der Waals surface area contributed by atoms with Crippen LogP contribution in [0, 0.1) is 6.92 Å². The maximum Gasteiger partial charge on any atom is 0.251 e. The fourth-order valence-electron chi connectivity index (χ4n) is 3.39. The molecule has 1 fully saturated rings. The van der Waals surface area contributed by atoms with Gasteiger partial charge in [-0.05, 0) is 43.5 Å². The van der Waals surface area contributed by atoms with Gasteiger partial charge < -0.3 is 15.5 Å². The number of nitrogens with one attached hydrogen (secondary N) is 2. The number of amides is 2. The van der Waals surface area contributed by atoms with Crippen molar-refractivity contribution in [2.75, 3.05) is 25.0 Å². The molecule has 0 aromatic heterocycles. The Bertz CT molecular complexity index is 668. The molecule has 2 amide bonds. The van der Waals surface area contributed by atoms with Crippen LogP contribution in [-0.2, 0) is 4.79 Å². The molecule has 27 heavy (non-hydrogen) atoms. The van der Waals surface area contributed by atoms with Gasteiger partial charge in [-0.3, -0.25) is 9.59 Å². The lowest BCUT2D eigenvalue weighted by molar-refractivity contribution is -0.128. The summed E-state index contributed by atoms with van der Waals surface area (Å²) in [5, 5.41) is 6.30. The van der Waals surface area contributed by atoms with Crippen molar-refractivity contribution >= 4 is 17.5 Å². The third-order valence-corrected chi connectivity index (χ3v) is 4.91. The van der Waals surface area contributed by atoms with Crippen molar-refractivity contribution in [1.82, 2.24) is 10.2 Å². The second kappa shape index (κ2) is 10.6. The zero-order valence-corrected chi connectivity index (χ0v) is 16.3. The largest absolute Gasteiger partial charge is 0.376 e. The molecule has 1 aliphatic rings. The summed E-state index contributed by atoms with van der Waals surface area (Å²) in [4.78, 5) is 26.4. The van der Waals surface area contributed by atoms with Crippen molar-refractivity contribution in [3.8, 4) is 0 Å². The number of carbonyl (C=O) groups is 2. The van der Waals surface area contributed by atoms with Gasteiger partial charge in [0.1, 0.15) is 0 Å². The molecule has 5 nitrogen and oxygen atoms in total. The lowest BCUT2D eigenvalue weighted by Crippen LogP contribution is -2.36. The second-order valence-corrected chi connectivity index (χ2v) is 7.07. The first-order valence-corrected chi connectivity index (χ1v) is 9.70. The number of carbonyl (C=O) groups excluding carboxylic acids is 2. The minimum absolute atomic E-state index is 0.0178. The molecule has 1 aromatic rings. The first-order valence-electron chi connectivity index (χ1n) is 9.70. The van der Waals surface area contributed by atoms with Crippen molar-refractivity contribution < 1.29 is 9.59 Å². The summed E-state index contributed by atoms with van der Waals surface area (Å²) < 4.78 is 0. The molecular formula is C22H31N3O2. The molecule has 1 saturated carbocycles. The number of benzene rings is 1. The van der Waals surface area contributed by atoms with Crippen LogP contribution in [0.5, 0.6) is 0 Å². The van der Waals surface area contributed by atoms with Crippen LogP contribution in [0.4, 0.5) is 5.69 Å². The fourth-order valence-corrected chi connectivity index (χ4v) is 3.39. The molecule has 2 N–H and O–H groups in total. The highest BCUT2D eigenvalue weighted by molar-refractivity contribution is 5.95. The van der Waals surface area contributed by atoms with Gasteiger partial charge in [-0.25, -0.2) is 0 Å². The van der Waals surface area contributed by atoms with Crippen molar-refractivity contribution in [2.45, 2.75) is 45.1 Å². The lowest BCUT2D eigenvalue weighted by atomic mass is 9.95. The molecule has 0 aliphatic heterocycles. The molecule has 1 aromatic carbocycles. The topological polar surface area (TPSA) is 61.4 Å². The van der Waals surface area contributed by atoms with Crippen molar-refractivity contribution in [1.29, 1.82) is 0 Å². The standard InChI is InChI=1S/C22H31N3O2/c1-4-13-25(14-5-2)21(26)16-23-20-12-11-18(15-17(20)3)22(27)24-19-9-7-6-8-10-19/h4-5,11-12,15,19,23H,1-2,6-10,13-14,16H2,3H3,(H,24,27). The van der Waals surface area contributed by atoms with E-state index in [4.69, 9.17) is 0 Å². The minimum Gasteiger partial charge on any atom is -0.376 e. The normalized spacial score (nSPS) is 14.3. The SMILES string of the molecule is C=CCN(CC=C)C(=O)CNc1ccc(C(=O)NC2CCCCC2)cc1C. The van der Waals surface area contributed by atoms with Crippen LogP contribution >= 0.6 is 0 Å². The maximum absolute atomic E-state index is 12.5. The first-order chi connectivity index (χ1) is 13.0. The van der Waals surface area contributed by atoms with Crippen LogP contribution in [0.25, 0.3) is 0 Å². The summed E-state index contributed by atoms with van der Waals surface area (Å²) in [6.07, 6.45) is 9.18. The molecule has 0 heterocycles. The lowest BCUT2D eigenvalue weighted by Gasteiger charge is -2.23. The molecular weight excluding hydrogens is 338 g/mol. The molecule has 0 spiro atoms. The summed E-state index contributed by atoms with van der Waals surface area (Å²) in [6, 6.07) is 5.84. The van der Waals surface area contributed by atoms with Crippen LogP contribution < -0.4 is 10.6 Å². The molecule has 146 valence electrons. The van der Waals surface area contributed by atoms with Gasteiger partial charge in [-0.2, -0.15) is 0 Å². The average Bonchev–Trinajstić information content (AvgIpc) is 2.67. The van der Waals surface area contributed by atoms with E-state index in [1.54, 1.807) is 17.1 Å². The molecule has 1 aliphatic carbocycles. The van der Waals surface area contributed by atoms with E-state index < -0.39 is 0 Å². The molecule has 0 atom stereocenters. The Morgan fingerprint density at radius 1 is 1.15 bits per heavy atom. The van der Waals surface area contributed by atoms with Crippen LogP contribution in [0.3, 0.4) is 0 Å². The zero-order chi connectivity index (χ0) is 19.6. The van der Waals surface area contributed by atoms with E-state index in [1.807, 2.05) is 25.1 Å². The van der Waals surface area contributed by atoms with Crippen molar-refractivity contribution in [2.24, 2.45) is 0 Å². The predicted molar refractivity (Wildman–Crippen MR) is 111 cm³/mol. The molecule has 0 unspecified atom stereocenters. The van der Waals surface area contributed by atoms with Gasteiger partial charge >= 0.3 is 0 Å². The van der Waals surface area contributed by atoms with Gasteiger partial charge in [0.05, 0.1) is 6.54 Å². The number of hydrogen-bond donors (Lipinski definition) is 2. The number of aryl methyl sites for hydroxylation is 1. The van der Waals surface area contributed by atoms with Gasteiger partial charge in [-0.15, -0.1) is 13.2 Å². The molecule has 0 bridgehead atoms. The van der Waals surface area contributed by atoms with Crippen LogP contribution in [0.1, 0.15) is 48.0 Å². The van der Waals surface area contributed by atoms with E-state index in [0.717, 1.165) is 24.1 Å². The van der Waals surface area contributed by atoms with E-state index >= 15 is 0 Å². The monoisotopic (exact) mass is 369 g/mol. The summed E-state index contributed by atoms with van der Waals surface area (Å²) in [7, 11) is 0. The minimum atomic E-state index is -0.0201. The van der Waals surface area contributed by atoms with Crippen molar-refractivity contribution in [3.05, 3.63) is 54.6 Å². The van der Waals surface area contributed by atoms with Gasteiger partial charge in [-0.1, -0.05) is 31.4 Å². The summed E-state index contributed by atoms with van der Waals surface area (Å²) in [5.41, 5.74) is 2.46. The highest BCUT2D eigenvalue weighted by Gasteiger charge is 2.17. The zero-order valence-electron chi connectivity index (χ0n) is 16.3. The van der Waals surface area contributed by atoms with E-state index in [9.17, 15) is 9.59 Å². The van der Waals surface area contributed by atoms with Crippen LogP contribution in [0.15, 0.2) is 43.5 Å². The Kier molecular flexibility index (Phi) is 8.11. The molecule has 0 saturated heterocycles. The van der Waals surface area contributed by atoms with Crippen LogP contribution in [-0.4, -0.2) is 42.4 Å². The van der Waals surface area contributed by atoms with E-state index in [0.29, 0.717) is 24.7 Å². The smallest absolute Gasteiger partial charge is 0.251 e. The molecule has 2 rings (SSSR count). The van der Waals surface area contributed by atoms with Gasteiger partial charge in [0.2, 0.25) is 5.91 Å². The van der Waals surface area contributed by atoms with E-state index in [2.05, 4.69) is 23.8 Å². The highest BCUT2D eigenvalue weighted by atomic mass is 16.2. The Balaban J connectivity index is 1.93. The summed E-state index contributed by atoms with van der Waals surface area (Å²) in [5.74, 6) is -0.0379. The van der Waals surface area contributed by atoms with Crippen LogP contribution in [0.2, 0.25) is 0 Å². The van der Waals surface area contributed by atoms with Gasteiger partial charge in [0.25, 0.3) is 5.91 Å². The molecule has 5 heteroatoms. The number of anilines is 1. The Morgan fingerprint density at radius 2 is 1.81 bits per heavy atom. The Hall–Kier alpha value is -2.56. The third-order valence-electron chi connectivity index (χ3n) is 4.91. The van der Waals surface area contributed by atoms with Gasteiger partial charge in [0.15, 0.2) is 0 Å². The molecule has 0 radical (unpaired) electrons.